The first-order chi connectivity index (χ1) is 10.1. The molecule has 2 aromatic heterocycles. The van der Waals surface area contributed by atoms with E-state index in [1.54, 1.807) is 0 Å². The lowest BCUT2D eigenvalue weighted by Crippen LogP contribution is -2.20. The summed E-state index contributed by atoms with van der Waals surface area (Å²) in [6.45, 7) is 4.19. The summed E-state index contributed by atoms with van der Waals surface area (Å²) in [7, 11) is 3.93. The van der Waals surface area contributed by atoms with Crippen LogP contribution in [0.25, 0.3) is 11.0 Å². The van der Waals surface area contributed by atoms with Crippen LogP contribution in [0.15, 0.2) is 34.7 Å². The Kier molecular flexibility index (Phi) is 3.55. The third kappa shape index (κ3) is 2.36. The minimum Gasteiger partial charge on any atom is -0.459 e. The molecule has 3 rings (SSSR count). The topological polar surface area (TPSA) is 43.0 Å². The Hall–Kier alpha value is -2.07. The second-order valence-electron chi connectivity index (χ2n) is 5.40. The maximum Gasteiger partial charge on any atom is 0.137 e. The molecule has 21 heavy (non-hydrogen) atoms. The van der Waals surface area contributed by atoms with Gasteiger partial charge in [0.25, 0.3) is 0 Å². The predicted octanol–water partition coefficient (Wildman–Crippen LogP) is 3.35. The van der Waals surface area contributed by atoms with Crippen LogP contribution in [0.2, 0.25) is 0 Å². The van der Waals surface area contributed by atoms with Crippen LogP contribution in [0.4, 0.5) is 0 Å². The Bertz CT molecular complexity index is 770. The highest BCUT2D eigenvalue weighted by molar-refractivity contribution is 5.81. The van der Waals surface area contributed by atoms with Gasteiger partial charge in [-0.1, -0.05) is 25.1 Å². The highest BCUT2D eigenvalue weighted by Gasteiger charge is 2.21. The molecule has 0 saturated carbocycles. The normalized spacial score (nSPS) is 13.0. The van der Waals surface area contributed by atoms with E-state index in [1.165, 1.54) is 0 Å². The molecule has 0 aliphatic rings. The molecule has 0 aliphatic carbocycles. The molecule has 1 atom stereocenters. The number of aromatic nitrogens is 2. The number of nitrogens with zero attached hydrogens (tertiary/aromatic N) is 2. The van der Waals surface area contributed by atoms with E-state index in [4.69, 9.17) is 4.42 Å². The fourth-order valence-corrected chi connectivity index (χ4v) is 2.79. The summed E-state index contributed by atoms with van der Waals surface area (Å²) in [5.74, 6) is 0.924. The Morgan fingerprint density at radius 1 is 1.33 bits per heavy atom. The summed E-state index contributed by atoms with van der Waals surface area (Å²) < 4.78 is 8.03. The summed E-state index contributed by atoms with van der Waals surface area (Å²) in [6.07, 6.45) is 0.934. The van der Waals surface area contributed by atoms with Crippen LogP contribution in [0.3, 0.4) is 0 Å². The minimum atomic E-state index is 0.00889. The molecular formula is C17H21N3O. The van der Waals surface area contributed by atoms with Crippen LogP contribution in [0.1, 0.15) is 35.7 Å². The van der Waals surface area contributed by atoms with Crippen molar-refractivity contribution in [1.82, 2.24) is 15.1 Å². The van der Waals surface area contributed by atoms with E-state index in [0.29, 0.717) is 0 Å². The third-order valence-electron chi connectivity index (χ3n) is 3.96. The summed E-state index contributed by atoms with van der Waals surface area (Å²) >= 11 is 0. The molecule has 0 amide bonds. The maximum absolute atomic E-state index is 6.10. The first-order valence-electron chi connectivity index (χ1n) is 7.33. The summed E-state index contributed by atoms with van der Waals surface area (Å²) in [4.78, 5) is 0. The molecule has 3 aromatic rings. The number of fused-ring (bicyclic) bond motifs is 1. The van der Waals surface area contributed by atoms with Crippen molar-refractivity contribution in [3.05, 3.63) is 53.0 Å². The number of hydrogen-bond donors (Lipinski definition) is 1. The van der Waals surface area contributed by atoms with Crippen molar-refractivity contribution < 1.29 is 4.42 Å². The van der Waals surface area contributed by atoms with Gasteiger partial charge < -0.3 is 9.73 Å². The zero-order valence-electron chi connectivity index (χ0n) is 13.0. The molecule has 0 fully saturated rings. The molecule has 0 spiro atoms. The number of nitrogens with one attached hydrogen (secondary N) is 1. The van der Waals surface area contributed by atoms with Gasteiger partial charge in [-0.15, -0.1) is 0 Å². The number of furan rings is 1. The van der Waals surface area contributed by atoms with Gasteiger partial charge in [-0.25, -0.2) is 0 Å². The summed E-state index contributed by atoms with van der Waals surface area (Å²) in [6, 6.07) is 10.5. The van der Waals surface area contributed by atoms with E-state index in [2.05, 4.69) is 54.6 Å². The quantitative estimate of drug-likeness (QED) is 0.798. The van der Waals surface area contributed by atoms with Gasteiger partial charge >= 0.3 is 0 Å². The fraction of sp³-hybridized carbons (Fsp3) is 0.353. The lowest BCUT2D eigenvalue weighted by molar-refractivity contribution is 0.472. The van der Waals surface area contributed by atoms with Crippen molar-refractivity contribution in [2.45, 2.75) is 26.3 Å². The van der Waals surface area contributed by atoms with Gasteiger partial charge in [-0.3, -0.25) is 4.68 Å². The van der Waals surface area contributed by atoms with Gasteiger partial charge in [0.1, 0.15) is 17.4 Å². The van der Waals surface area contributed by atoms with Crippen LogP contribution in [-0.2, 0) is 13.5 Å². The molecule has 0 radical (unpaired) electrons. The number of hydrogen-bond acceptors (Lipinski definition) is 3. The first kappa shape index (κ1) is 13.9. The molecular weight excluding hydrogens is 262 g/mol. The minimum absolute atomic E-state index is 0.00889. The second kappa shape index (κ2) is 5.37. The average Bonchev–Trinajstić information content (AvgIpc) is 3.05. The van der Waals surface area contributed by atoms with Gasteiger partial charge in [0.2, 0.25) is 0 Å². The molecule has 1 aromatic carbocycles. The summed E-state index contributed by atoms with van der Waals surface area (Å²) in [5, 5.41) is 9.01. The summed E-state index contributed by atoms with van der Waals surface area (Å²) in [5.41, 5.74) is 4.34. The molecule has 4 heteroatoms. The largest absolute Gasteiger partial charge is 0.459 e. The van der Waals surface area contributed by atoms with E-state index in [1.807, 2.05) is 18.8 Å². The Morgan fingerprint density at radius 2 is 2.14 bits per heavy atom. The first-order valence-corrected chi connectivity index (χ1v) is 7.33. The maximum atomic E-state index is 6.10. The molecule has 0 aliphatic heterocycles. The molecule has 1 unspecified atom stereocenters. The molecule has 4 nitrogen and oxygen atoms in total. The van der Waals surface area contributed by atoms with E-state index < -0.39 is 0 Å². The van der Waals surface area contributed by atoms with Crippen molar-refractivity contribution in [3.63, 3.8) is 0 Å². The van der Waals surface area contributed by atoms with Crippen LogP contribution < -0.4 is 5.32 Å². The monoisotopic (exact) mass is 283 g/mol. The van der Waals surface area contributed by atoms with E-state index >= 15 is 0 Å². The van der Waals surface area contributed by atoms with Gasteiger partial charge in [-0.05, 0) is 38.1 Å². The fourth-order valence-electron chi connectivity index (χ4n) is 2.79. The zero-order valence-corrected chi connectivity index (χ0v) is 13.0. The van der Waals surface area contributed by atoms with Crippen molar-refractivity contribution in [1.29, 1.82) is 0 Å². The number of benzene rings is 1. The smallest absolute Gasteiger partial charge is 0.137 e. The molecule has 0 saturated heterocycles. The zero-order chi connectivity index (χ0) is 15.0. The Balaban J connectivity index is 2.09. The SMILES string of the molecule is CCc1cc(C(NC)c2cc3cccc(C)c3o2)n(C)n1. The van der Waals surface area contributed by atoms with Gasteiger partial charge in [-0.2, -0.15) is 5.10 Å². The standard InChI is InChI=1S/C17H21N3O/c1-5-13-10-14(20(4)19-13)16(18-3)15-9-12-8-6-7-11(2)17(12)21-15/h6-10,16,18H,5H2,1-4H3. The molecule has 1 N–H and O–H groups in total. The van der Waals surface area contributed by atoms with Crippen LogP contribution >= 0.6 is 0 Å². The lowest BCUT2D eigenvalue weighted by Gasteiger charge is -2.13. The number of aryl methyl sites for hydroxylation is 3. The highest BCUT2D eigenvalue weighted by Crippen LogP contribution is 2.29. The van der Waals surface area contributed by atoms with Crippen LogP contribution in [-0.4, -0.2) is 16.8 Å². The Morgan fingerprint density at radius 3 is 2.76 bits per heavy atom. The molecule has 2 heterocycles. The van der Waals surface area contributed by atoms with E-state index in [9.17, 15) is 0 Å². The number of rotatable bonds is 4. The van der Waals surface area contributed by atoms with E-state index in [-0.39, 0.29) is 6.04 Å². The third-order valence-corrected chi connectivity index (χ3v) is 3.96. The van der Waals surface area contributed by atoms with Crippen molar-refractivity contribution in [3.8, 4) is 0 Å². The van der Waals surface area contributed by atoms with Crippen LogP contribution in [0.5, 0.6) is 0 Å². The van der Waals surface area contributed by atoms with Crippen molar-refractivity contribution in [2.24, 2.45) is 7.05 Å². The molecule has 110 valence electrons. The van der Waals surface area contributed by atoms with Gasteiger partial charge in [0.15, 0.2) is 0 Å². The van der Waals surface area contributed by atoms with Gasteiger partial charge in [0, 0.05) is 12.4 Å². The predicted molar refractivity (Wildman–Crippen MR) is 84.4 cm³/mol. The lowest BCUT2D eigenvalue weighted by atomic mass is 10.1. The average molecular weight is 283 g/mol. The van der Waals surface area contributed by atoms with E-state index in [0.717, 1.165) is 40.1 Å². The molecule has 0 bridgehead atoms. The van der Waals surface area contributed by atoms with Gasteiger partial charge in [0.05, 0.1) is 11.4 Å². The van der Waals surface area contributed by atoms with Crippen LogP contribution in [0, 0.1) is 6.92 Å². The second-order valence-corrected chi connectivity index (χ2v) is 5.40. The highest BCUT2D eigenvalue weighted by atomic mass is 16.3. The van der Waals surface area contributed by atoms with Crippen molar-refractivity contribution in [2.75, 3.05) is 7.05 Å². The van der Waals surface area contributed by atoms with Crippen molar-refractivity contribution >= 4 is 11.0 Å². The Labute approximate surface area is 124 Å². The number of para-hydroxylation sites is 1.